The van der Waals surface area contributed by atoms with Gasteiger partial charge in [0.1, 0.15) is 12.4 Å². The average Bonchev–Trinajstić information content (AvgIpc) is 1.90. The molecule has 0 aliphatic carbocycles. The van der Waals surface area contributed by atoms with Gasteiger partial charge in [-0.15, -0.1) is 0 Å². The summed E-state index contributed by atoms with van der Waals surface area (Å²) in [7, 11) is 0. The van der Waals surface area contributed by atoms with Gasteiger partial charge in [-0.1, -0.05) is 6.58 Å². The molecule has 1 aliphatic heterocycles. The van der Waals surface area contributed by atoms with Crippen molar-refractivity contribution in [2.75, 3.05) is 0 Å². The predicted octanol–water partition coefficient (Wildman–Crippen LogP) is 0.505. The molecule has 0 spiro atoms. The Labute approximate surface area is 48.0 Å². The van der Waals surface area contributed by atoms with Crippen LogP contribution >= 0.6 is 0 Å². The number of nitrogens with zero attached hydrogens (tertiary/aromatic N) is 2. The van der Waals surface area contributed by atoms with Gasteiger partial charge in [0.2, 0.25) is 0 Å². The number of hydrogen-bond acceptors (Lipinski definition) is 2. The van der Waals surface area contributed by atoms with Crippen LogP contribution in [0.3, 0.4) is 0 Å². The standard InChI is InChI=1S/C6H6N2/c1-2-6-7-4-3-5-8-6/h2-5H,1H2/q+1. The van der Waals surface area contributed by atoms with Gasteiger partial charge in [0.05, 0.1) is 0 Å². The fraction of sp³-hybridized carbons (Fsp3) is 0. The molecule has 0 fully saturated rings. The Hall–Kier alpha value is -1.18. The molecule has 0 atom stereocenters. The van der Waals surface area contributed by atoms with Crippen molar-refractivity contribution in [1.82, 2.24) is 4.99 Å². The highest BCUT2D eigenvalue weighted by Crippen LogP contribution is 1.80. The summed E-state index contributed by atoms with van der Waals surface area (Å²) in [4.78, 5) is 7.74. The van der Waals surface area contributed by atoms with E-state index in [1.54, 1.807) is 24.6 Å². The predicted molar refractivity (Wildman–Crippen MR) is 35.0 cm³/mol. The van der Waals surface area contributed by atoms with Crippen LogP contribution in [-0.4, -0.2) is 12.1 Å². The van der Waals surface area contributed by atoms with Crippen LogP contribution in [0, 0.1) is 0 Å². The van der Waals surface area contributed by atoms with E-state index in [1.807, 2.05) is 0 Å². The van der Waals surface area contributed by atoms with E-state index in [2.05, 4.69) is 16.6 Å². The fourth-order valence-corrected chi connectivity index (χ4v) is 0.416. The molecule has 0 saturated heterocycles. The largest absolute Gasteiger partial charge is 0.362 e. The van der Waals surface area contributed by atoms with Crippen LogP contribution in [0.4, 0.5) is 0 Å². The van der Waals surface area contributed by atoms with E-state index >= 15 is 0 Å². The molecule has 0 aromatic carbocycles. The molecule has 1 heterocycles. The SMILES string of the molecule is C=CC1=[N+]C=CC=N1. The van der Waals surface area contributed by atoms with Gasteiger partial charge in [0.25, 0.3) is 0 Å². The number of rotatable bonds is 1. The molecule has 8 heavy (non-hydrogen) atoms. The van der Waals surface area contributed by atoms with Crippen LogP contribution in [0.15, 0.2) is 29.9 Å². The summed E-state index contributed by atoms with van der Waals surface area (Å²) in [5.74, 6) is 0.674. The molecule has 2 heteroatoms. The zero-order valence-corrected chi connectivity index (χ0v) is 4.41. The van der Waals surface area contributed by atoms with E-state index in [0.29, 0.717) is 5.84 Å². The maximum Gasteiger partial charge on any atom is 0.362 e. The number of aliphatic imine (C=N–C) groups is 2. The van der Waals surface area contributed by atoms with Crippen molar-refractivity contribution in [3.63, 3.8) is 0 Å². The molecule has 2 nitrogen and oxygen atoms in total. The van der Waals surface area contributed by atoms with E-state index < -0.39 is 0 Å². The van der Waals surface area contributed by atoms with Gasteiger partial charge in [0, 0.05) is 12.2 Å². The Morgan fingerprint density at radius 2 is 2.62 bits per heavy atom. The summed E-state index contributed by atoms with van der Waals surface area (Å²) in [6.45, 7) is 3.51. The molecule has 39 valence electrons. The van der Waals surface area contributed by atoms with Gasteiger partial charge in [-0.05, 0) is 9.98 Å². The van der Waals surface area contributed by atoms with E-state index in [1.165, 1.54) is 0 Å². The first-order chi connectivity index (χ1) is 3.93. The first-order valence-electron chi connectivity index (χ1n) is 2.33. The number of allylic oxidation sites excluding steroid dienone is 1. The molecule has 0 amide bonds. The third-order valence-electron chi connectivity index (χ3n) is 0.768. The minimum absolute atomic E-state index is 0.674. The molecule has 0 bridgehead atoms. The molecule has 0 saturated carbocycles. The molecule has 0 aromatic rings. The van der Waals surface area contributed by atoms with Crippen LogP contribution < -0.4 is 4.99 Å². The van der Waals surface area contributed by atoms with Gasteiger partial charge in [-0.25, -0.2) is 0 Å². The second-order valence-corrected chi connectivity index (χ2v) is 1.31. The van der Waals surface area contributed by atoms with E-state index in [-0.39, 0.29) is 0 Å². The summed E-state index contributed by atoms with van der Waals surface area (Å²) < 4.78 is 0. The molecule has 1 aliphatic rings. The first-order valence-corrected chi connectivity index (χ1v) is 2.33. The van der Waals surface area contributed by atoms with Crippen molar-refractivity contribution < 1.29 is 0 Å². The van der Waals surface area contributed by atoms with E-state index in [9.17, 15) is 0 Å². The van der Waals surface area contributed by atoms with Crippen molar-refractivity contribution in [3.8, 4) is 0 Å². The van der Waals surface area contributed by atoms with E-state index in [0.717, 1.165) is 0 Å². The molecular weight excluding hydrogens is 100 g/mol. The third kappa shape index (κ3) is 0.904. The van der Waals surface area contributed by atoms with Crippen LogP contribution in [0.25, 0.3) is 0 Å². The fourth-order valence-electron chi connectivity index (χ4n) is 0.416. The van der Waals surface area contributed by atoms with Crippen molar-refractivity contribution in [3.05, 3.63) is 24.9 Å². The van der Waals surface area contributed by atoms with Crippen molar-refractivity contribution in [2.45, 2.75) is 0 Å². The summed E-state index contributed by atoms with van der Waals surface area (Å²) >= 11 is 0. The first kappa shape index (κ1) is 4.97. The van der Waals surface area contributed by atoms with Crippen molar-refractivity contribution >= 4 is 12.1 Å². The van der Waals surface area contributed by atoms with Crippen LogP contribution in [0.5, 0.6) is 0 Å². The quantitative estimate of drug-likeness (QED) is 0.465. The second kappa shape index (κ2) is 2.21. The Bertz CT molecular complexity index is 175. The Balaban J connectivity index is 2.82. The molecule has 0 aromatic heterocycles. The van der Waals surface area contributed by atoms with Crippen molar-refractivity contribution in [2.24, 2.45) is 4.99 Å². The molecule has 0 unspecified atom stereocenters. The lowest BCUT2D eigenvalue weighted by Gasteiger charge is -1.75. The monoisotopic (exact) mass is 106 g/mol. The molecular formula is C6H6N2+. The van der Waals surface area contributed by atoms with Gasteiger partial charge in [-0.3, -0.25) is 0 Å². The van der Waals surface area contributed by atoms with Gasteiger partial charge >= 0.3 is 5.84 Å². The topological polar surface area (TPSA) is 26.5 Å². The van der Waals surface area contributed by atoms with Crippen LogP contribution in [0.1, 0.15) is 0 Å². The summed E-state index contributed by atoms with van der Waals surface area (Å²) in [5.41, 5.74) is 0. The Morgan fingerprint density at radius 3 is 3.00 bits per heavy atom. The normalized spacial score (nSPS) is 15.8. The van der Waals surface area contributed by atoms with Crippen LogP contribution in [-0.2, 0) is 0 Å². The lowest BCUT2D eigenvalue weighted by molar-refractivity contribution is 1.34. The number of hydrogen-bond donors (Lipinski definition) is 0. The smallest absolute Gasteiger partial charge is 0.0906 e. The summed E-state index contributed by atoms with van der Waals surface area (Å²) in [6, 6.07) is 0. The Kier molecular flexibility index (Phi) is 1.37. The maximum absolute atomic E-state index is 3.87. The average molecular weight is 106 g/mol. The highest BCUT2D eigenvalue weighted by atomic mass is 14.9. The second-order valence-electron chi connectivity index (χ2n) is 1.31. The minimum Gasteiger partial charge on any atom is -0.0906 e. The third-order valence-corrected chi connectivity index (χ3v) is 0.768. The van der Waals surface area contributed by atoms with Crippen LogP contribution in [0.2, 0.25) is 0 Å². The molecule has 1 rings (SSSR count). The lowest BCUT2D eigenvalue weighted by atomic mass is 10.5. The summed E-state index contributed by atoms with van der Waals surface area (Å²) in [6.07, 6.45) is 6.75. The van der Waals surface area contributed by atoms with Gasteiger partial charge in [0.15, 0.2) is 0 Å². The zero-order chi connectivity index (χ0) is 5.82. The maximum atomic E-state index is 3.87. The zero-order valence-electron chi connectivity index (χ0n) is 4.41. The highest BCUT2D eigenvalue weighted by Gasteiger charge is 2.00. The summed E-state index contributed by atoms with van der Waals surface area (Å²) in [5, 5.41) is 0. The van der Waals surface area contributed by atoms with Gasteiger partial charge in [-0.2, -0.15) is 0 Å². The van der Waals surface area contributed by atoms with Crippen molar-refractivity contribution in [1.29, 1.82) is 0 Å². The minimum atomic E-state index is 0.674. The Morgan fingerprint density at radius 1 is 1.75 bits per heavy atom. The number of amidine groups is 1. The molecule has 1 radical (unpaired) electrons. The molecule has 0 N–H and O–H groups in total. The van der Waals surface area contributed by atoms with Gasteiger partial charge < -0.3 is 0 Å². The van der Waals surface area contributed by atoms with E-state index in [4.69, 9.17) is 0 Å². The lowest BCUT2D eigenvalue weighted by Crippen LogP contribution is -1.99. The highest BCUT2D eigenvalue weighted by molar-refractivity contribution is 6.00.